The van der Waals surface area contributed by atoms with Crippen LogP contribution >= 0.6 is 0 Å². The van der Waals surface area contributed by atoms with Crippen LogP contribution in [-0.4, -0.2) is 26.2 Å². The average molecular weight is 344 g/mol. The maximum Gasteiger partial charge on any atom is 0.144 e. The van der Waals surface area contributed by atoms with E-state index in [1.807, 2.05) is 55.2 Å². The van der Waals surface area contributed by atoms with Gasteiger partial charge in [-0.15, -0.1) is 0 Å². The highest BCUT2D eigenvalue weighted by molar-refractivity contribution is 5.64. The Morgan fingerprint density at radius 3 is 2.54 bits per heavy atom. The number of para-hydroxylation sites is 1. The van der Waals surface area contributed by atoms with Crippen LogP contribution in [0.3, 0.4) is 0 Å². The monoisotopic (exact) mass is 344 g/mol. The van der Waals surface area contributed by atoms with E-state index in [1.54, 1.807) is 13.3 Å². The Labute approximate surface area is 152 Å². The first-order valence-electron chi connectivity index (χ1n) is 8.53. The number of methoxy groups -OCH3 is 1. The standard InChI is InChI=1S/C21H20N4O/c1-26-20-10-6-5-9-18(20)21-23-12-14-25(21)19(15-24-13-11-22-16-24)17-7-3-2-4-8-17/h2-14,16,19H,15H2,1H3/t19-/m0/s1. The lowest BCUT2D eigenvalue weighted by molar-refractivity contribution is 0.415. The number of aromatic nitrogens is 4. The van der Waals surface area contributed by atoms with E-state index in [4.69, 9.17) is 4.74 Å². The van der Waals surface area contributed by atoms with E-state index in [-0.39, 0.29) is 6.04 Å². The van der Waals surface area contributed by atoms with Crippen LogP contribution in [-0.2, 0) is 6.54 Å². The third-order valence-electron chi connectivity index (χ3n) is 4.48. The minimum absolute atomic E-state index is 0.0906. The van der Waals surface area contributed by atoms with Crippen molar-refractivity contribution >= 4 is 0 Å². The number of imidazole rings is 2. The molecular weight excluding hydrogens is 324 g/mol. The lowest BCUT2D eigenvalue weighted by Crippen LogP contribution is -2.17. The molecule has 1 atom stereocenters. The largest absolute Gasteiger partial charge is 0.496 e. The van der Waals surface area contributed by atoms with Crippen molar-refractivity contribution in [2.24, 2.45) is 0 Å². The second kappa shape index (κ2) is 7.27. The van der Waals surface area contributed by atoms with Gasteiger partial charge in [-0.05, 0) is 17.7 Å². The molecule has 0 amide bonds. The van der Waals surface area contributed by atoms with Gasteiger partial charge >= 0.3 is 0 Å². The first kappa shape index (κ1) is 16.1. The lowest BCUT2D eigenvalue weighted by Gasteiger charge is -2.22. The summed E-state index contributed by atoms with van der Waals surface area (Å²) in [5, 5.41) is 0. The van der Waals surface area contributed by atoms with Crippen LogP contribution < -0.4 is 4.74 Å². The molecule has 0 fully saturated rings. The maximum atomic E-state index is 5.55. The van der Waals surface area contributed by atoms with E-state index in [0.717, 1.165) is 23.7 Å². The van der Waals surface area contributed by atoms with Crippen molar-refractivity contribution in [3.8, 4) is 17.1 Å². The SMILES string of the molecule is COc1ccccc1-c1nccn1[C@@H](Cn1ccnc1)c1ccccc1. The van der Waals surface area contributed by atoms with Crippen LogP contribution in [0.2, 0.25) is 0 Å². The number of hydrogen-bond acceptors (Lipinski definition) is 3. The first-order valence-corrected chi connectivity index (χ1v) is 8.53. The van der Waals surface area contributed by atoms with Gasteiger partial charge in [0, 0.05) is 31.3 Å². The lowest BCUT2D eigenvalue weighted by atomic mass is 10.1. The molecule has 26 heavy (non-hydrogen) atoms. The van der Waals surface area contributed by atoms with Crippen molar-refractivity contribution in [3.05, 3.63) is 91.3 Å². The van der Waals surface area contributed by atoms with Crippen LogP contribution in [0, 0.1) is 0 Å². The molecule has 4 aromatic rings. The van der Waals surface area contributed by atoms with Gasteiger partial charge in [0.25, 0.3) is 0 Å². The number of hydrogen-bond donors (Lipinski definition) is 0. The van der Waals surface area contributed by atoms with Crippen LogP contribution in [0.15, 0.2) is 85.7 Å². The Morgan fingerprint density at radius 2 is 1.77 bits per heavy atom. The molecule has 2 aromatic carbocycles. The van der Waals surface area contributed by atoms with Gasteiger partial charge in [-0.2, -0.15) is 0 Å². The van der Waals surface area contributed by atoms with E-state index in [2.05, 4.69) is 43.4 Å². The van der Waals surface area contributed by atoms with Crippen molar-refractivity contribution in [2.45, 2.75) is 12.6 Å². The topological polar surface area (TPSA) is 44.9 Å². The number of rotatable bonds is 6. The van der Waals surface area contributed by atoms with E-state index in [9.17, 15) is 0 Å². The molecule has 0 aliphatic rings. The molecule has 0 N–H and O–H groups in total. The molecule has 2 aromatic heterocycles. The molecule has 0 radical (unpaired) electrons. The van der Waals surface area contributed by atoms with E-state index in [0.29, 0.717) is 0 Å². The molecule has 5 nitrogen and oxygen atoms in total. The summed E-state index contributed by atoms with van der Waals surface area (Å²) in [7, 11) is 1.69. The molecule has 2 heterocycles. The molecule has 0 spiro atoms. The molecule has 0 unspecified atom stereocenters. The molecular formula is C21H20N4O. The minimum atomic E-state index is 0.0906. The molecule has 0 bridgehead atoms. The summed E-state index contributed by atoms with van der Waals surface area (Å²) >= 11 is 0. The summed E-state index contributed by atoms with van der Waals surface area (Å²) in [6, 6.07) is 18.5. The summed E-state index contributed by atoms with van der Waals surface area (Å²) in [6.45, 7) is 0.766. The fourth-order valence-corrected chi connectivity index (χ4v) is 3.23. The third-order valence-corrected chi connectivity index (χ3v) is 4.48. The van der Waals surface area contributed by atoms with Gasteiger partial charge in [-0.3, -0.25) is 0 Å². The predicted octanol–water partition coefficient (Wildman–Crippen LogP) is 4.04. The number of nitrogens with zero attached hydrogens (tertiary/aromatic N) is 4. The summed E-state index contributed by atoms with van der Waals surface area (Å²) in [5.41, 5.74) is 2.20. The average Bonchev–Trinajstić information content (AvgIpc) is 3.38. The van der Waals surface area contributed by atoms with E-state index < -0.39 is 0 Å². The Morgan fingerprint density at radius 1 is 0.962 bits per heavy atom. The normalized spacial score (nSPS) is 12.0. The van der Waals surface area contributed by atoms with E-state index in [1.165, 1.54) is 5.56 Å². The molecule has 0 saturated heterocycles. The Hall–Kier alpha value is -3.34. The minimum Gasteiger partial charge on any atom is -0.496 e. The van der Waals surface area contributed by atoms with Gasteiger partial charge in [0.2, 0.25) is 0 Å². The number of benzene rings is 2. The maximum absolute atomic E-state index is 5.55. The highest BCUT2D eigenvalue weighted by Gasteiger charge is 2.20. The second-order valence-electron chi connectivity index (χ2n) is 6.04. The van der Waals surface area contributed by atoms with E-state index >= 15 is 0 Å². The smallest absolute Gasteiger partial charge is 0.144 e. The van der Waals surface area contributed by atoms with Gasteiger partial charge < -0.3 is 13.9 Å². The van der Waals surface area contributed by atoms with Crippen molar-refractivity contribution in [2.75, 3.05) is 7.11 Å². The fourth-order valence-electron chi connectivity index (χ4n) is 3.23. The molecule has 130 valence electrons. The molecule has 0 saturated carbocycles. The zero-order valence-electron chi connectivity index (χ0n) is 14.6. The van der Waals surface area contributed by atoms with Crippen molar-refractivity contribution < 1.29 is 4.74 Å². The zero-order chi connectivity index (χ0) is 17.8. The predicted molar refractivity (Wildman–Crippen MR) is 101 cm³/mol. The Kier molecular flexibility index (Phi) is 4.51. The quantitative estimate of drug-likeness (QED) is 0.530. The van der Waals surface area contributed by atoms with Crippen molar-refractivity contribution in [1.82, 2.24) is 19.1 Å². The van der Waals surface area contributed by atoms with Crippen LogP contribution in [0.5, 0.6) is 5.75 Å². The van der Waals surface area contributed by atoms with Crippen molar-refractivity contribution in [1.29, 1.82) is 0 Å². The van der Waals surface area contributed by atoms with Gasteiger partial charge in [0.15, 0.2) is 0 Å². The second-order valence-corrected chi connectivity index (χ2v) is 6.04. The fraction of sp³-hybridized carbons (Fsp3) is 0.143. The van der Waals surface area contributed by atoms with Gasteiger partial charge in [0.1, 0.15) is 11.6 Å². The third kappa shape index (κ3) is 3.11. The summed E-state index contributed by atoms with van der Waals surface area (Å²) in [5.74, 6) is 1.70. The highest BCUT2D eigenvalue weighted by Crippen LogP contribution is 2.32. The Bertz CT molecular complexity index is 961. The summed E-state index contributed by atoms with van der Waals surface area (Å²) < 4.78 is 9.84. The van der Waals surface area contributed by atoms with Crippen LogP contribution in [0.4, 0.5) is 0 Å². The van der Waals surface area contributed by atoms with Crippen molar-refractivity contribution in [3.63, 3.8) is 0 Å². The van der Waals surface area contributed by atoms with Gasteiger partial charge in [-0.25, -0.2) is 9.97 Å². The Balaban J connectivity index is 1.81. The van der Waals surface area contributed by atoms with Crippen LogP contribution in [0.25, 0.3) is 11.4 Å². The summed E-state index contributed by atoms with van der Waals surface area (Å²) in [6.07, 6.45) is 9.49. The van der Waals surface area contributed by atoms with Crippen LogP contribution in [0.1, 0.15) is 11.6 Å². The summed E-state index contributed by atoms with van der Waals surface area (Å²) in [4.78, 5) is 8.81. The first-order chi connectivity index (χ1) is 12.9. The van der Waals surface area contributed by atoms with Gasteiger partial charge in [-0.1, -0.05) is 42.5 Å². The van der Waals surface area contributed by atoms with Gasteiger partial charge in [0.05, 0.1) is 25.0 Å². The highest BCUT2D eigenvalue weighted by atomic mass is 16.5. The molecule has 4 rings (SSSR count). The number of ether oxygens (including phenoxy) is 1. The zero-order valence-corrected chi connectivity index (χ0v) is 14.6. The molecule has 5 heteroatoms. The molecule has 0 aliphatic heterocycles. The molecule has 0 aliphatic carbocycles.